The molecule has 0 unspecified atom stereocenters. The molecule has 1 heterocycles. The van der Waals surface area contributed by atoms with Gasteiger partial charge in [-0.2, -0.15) is 0 Å². The molecule has 2 N–H and O–H groups in total. The standard InChI is InChI=1S/C26H23N3O3S/c1-2-27-22(30)17-32-21-15-13-20(14-16-21)28-25(31)24-23(18-9-5-3-6-10-18)29-26(33-24)19-11-7-4-8-12-19/h3-16H,2,17H2,1H3,(H,27,30)(H,28,31). The molecule has 3 aromatic carbocycles. The first-order chi connectivity index (χ1) is 16.1. The third-order valence-electron chi connectivity index (χ3n) is 4.76. The van der Waals surface area contributed by atoms with E-state index in [9.17, 15) is 9.59 Å². The van der Waals surface area contributed by atoms with E-state index in [0.29, 0.717) is 28.6 Å². The van der Waals surface area contributed by atoms with Crippen LogP contribution in [0.15, 0.2) is 84.9 Å². The molecular formula is C26H23N3O3S. The number of aromatic nitrogens is 1. The van der Waals surface area contributed by atoms with Gasteiger partial charge in [-0.1, -0.05) is 60.7 Å². The van der Waals surface area contributed by atoms with Crippen LogP contribution >= 0.6 is 11.3 Å². The Bertz CT molecular complexity index is 1220. The lowest BCUT2D eigenvalue weighted by molar-refractivity contribution is -0.122. The van der Waals surface area contributed by atoms with Crippen LogP contribution in [0.5, 0.6) is 5.75 Å². The summed E-state index contributed by atoms with van der Waals surface area (Å²) in [4.78, 5) is 30.1. The first-order valence-electron chi connectivity index (χ1n) is 10.6. The molecule has 6 nitrogen and oxygen atoms in total. The Labute approximate surface area is 196 Å². The lowest BCUT2D eigenvalue weighted by atomic mass is 10.1. The molecule has 4 aromatic rings. The number of benzene rings is 3. The van der Waals surface area contributed by atoms with Crippen molar-refractivity contribution in [2.24, 2.45) is 0 Å². The third kappa shape index (κ3) is 5.64. The van der Waals surface area contributed by atoms with Crippen molar-refractivity contribution in [2.45, 2.75) is 6.92 Å². The molecule has 0 atom stereocenters. The van der Waals surface area contributed by atoms with E-state index >= 15 is 0 Å². The van der Waals surface area contributed by atoms with Gasteiger partial charge in [0, 0.05) is 23.4 Å². The van der Waals surface area contributed by atoms with Crippen molar-refractivity contribution >= 4 is 28.8 Å². The number of hydrogen-bond acceptors (Lipinski definition) is 5. The molecule has 4 rings (SSSR count). The molecule has 0 aliphatic heterocycles. The molecule has 0 aliphatic rings. The quantitative estimate of drug-likeness (QED) is 0.379. The van der Waals surface area contributed by atoms with Crippen LogP contribution in [0, 0.1) is 0 Å². The normalized spacial score (nSPS) is 10.5. The summed E-state index contributed by atoms with van der Waals surface area (Å²) in [6, 6.07) is 26.4. The molecule has 2 amide bonds. The molecule has 0 bridgehead atoms. The van der Waals surface area contributed by atoms with Crippen LogP contribution in [0.3, 0.4) is 0 Å². The Morgan fingerprint density at radius 2 is 1.52 bits per heavy atom. The number of rotatable bonds is 8. The fraction of sp³-hybridized carbons (Fsp3) is 0.115. The minimum Gasteiger partial charge on any atom is -0.484 e. The second-order valence-electron chi connectivity index (χ2n) is 7.15. The Kier molecular flexibility index (Phi) is 7.12. The summed E-state index contributed by atoms with van der Waals surface area (Å²) in [6.07, 6.45) is 0. The SMILES string of the molecule is CCNC(=O)COc1ccc(NC(=O)c2sc(-c3ccccc3)nc2-c2ccccc2)cc1. The molecule has 0 fully saturated rings. The van der Waals surface area contributed by atoms with E-state index < -0.39 is 0 Å². The number of likely N-dealkylation sites (N-methyl/N-ethyl adjacent to an activating group) is 1. The molecule has 166 valence electrons. The summed E-state index contributed by atoms with van der Waals surface area (Å²) in [6.45, 7) is 2.36. The second-order valence-corrected chi connectivity index (χ2v) is 8.15. The molecule has 7 heteroatoms. The Morgan fingerprint density at radius 3 is 2.15 bits per heavy atom. The lowest BCUT2D eigenvalue weighted by Crippen LogP contribution is -2.28. The molecule has 1 aromatic heterocycles. The molecular weight excluding hydrogens is 434 g/mol. The van der Waals surface area contributed by atoms with Crippen molar-refractivity contribution in [1.82, 2.24) is 10.3 Å². The van der Waals surface area contributed by atoms with Crippen molar-refractivity contribution in [3.05, 3.63) is 89.8 Å². The summed E-state index contributed by atoms with van der Waals surface area (Å²) in [5.74, 6) is 0.139. The van der Waals surface area contributed by atoms with E-state index in [1.54, 1.807) is 24.3 Å². The maximum absolute atomic E-state index is 13.2. The van der Waals surface area contributed by atoms with Crippen molar-refractivity contribution in [3.63, 3.8) is 0 Å². The Hall–Kier alpha value is -3.97. The lowest BCUT2D eigenvalue weighted by Gasteiger charge is -2.08. The molecule has 0 aliphatic carbocycles. The predicted molar refractivity (Wildman–Crippen MR) is 132 cm³/mol. The summed E-state index contributed by atoms with van der Waals surface area (Å²) in [5.41, 5.74) is 3.13. The van der Waals surface area contributed by atoms with Gasteiger partial charge in [0.2, 0.25) is 0 Å². The van der Waals surface area contributed by atoms with Gasteiger partial charge in [-0.15, -0.1) is 11.3 Å². The summed E-state index contributed by atoms with van der Waals surface area (Å²) in [5, 5.41) is 6.41. The number of thiazole rings is 1. The fourth-order valence-electron chi connectivity index (χ4n) is 3.19. The molecule has 0 radical (unpaired) electrons. The van der Waals surface area contributed by atoms with E-state index in [-0.39, 0.29) is 18.4 Å². The highest BCUT2D eigenvalue weighted by molar-refractivity contribution is 7.17. The number of amides is 2. The van der Waals surface area contributed by atoms with Crippen molar-refractivity contribution in [2.75, 3.05) is 18.5 Å². The molecule has 0 saturated carbocycles. The topological polar surface area (TPSA) is 80.3 Å². The van der Waals surface area contributed by atoms with Gasteiger partial charge in [-0.05, 0) is 31.2 Å². The highest BCUT2D eigenvalue weighted by Crippen LogP contribution is 2.34. The van der Waals surface area contributed by atoms with Gasteiger partial charge in [0.05, 0.1) is 5.69 Å². The number of ether oxygens (including phenoxy) is 1. The summed E-state index contributed by atoms with van der Waals surface area (Å²) in [7, 11) is 0. The van der Waals surface area contributed by atoms with Crippen molar-refractivity contribution in [3.8, 4) is 27.6 Å². The molecule has 0 spiro atoms. The van der Waals surface area contributed by atoms with Gasteiger partial charge in [0.15, 0.2) is 6.61 Å². The van der Waals surface area contributed by atoms with Crippen LogP contribution in [0.25, 0.3) is 21.8 Å². The van der Waals surface area contributed by atoms with E-state index in [0.717, 1.165) is 16.1 Å². The van der Waals surface area contributed by atoms with Crippen LogP contribution in [-0.2, 0) is 4.79 Å². The van der Waals surface area contributed by atoms with Gasteiger partial charge >= 0.3 is 0 Å². The molecule has 0 saturated heterocycles. The van der Waals surface area contributed by atoms with Crippen LogP contribution in [0.4, 0.5) is 5.69 Å². The van der Waals surface area contributed by atoms with Crippen molar-refractivity contribution in [1.29, 1.82) is 0 Å². The van der Waals surface area contributed by atoms with Crippen molar-refractivity contribution < 1.29 is 14.3 Å². The second kappa shape index (κ2) is 10.6. The van der Waals surface area contributed by atoms with Crippen LogP contribution in [-0.4, -0.2) is 29.9 Å². The number of hydrogen-bond donors (Lipinski definition) is 2. The van der Waals surface area contributed by atoms with E-state index in [1.165, 1.54) is 11.3 Å². The zero-order chi connectivity index (χ0) is 23.0. The molecule has 33 heavy (non-hydrogen) atoms. The van der Waals surface area contributed by atoms with Gasteiger partial charge in [0.25, 0.3) is 11.8 Å². The number of carbonyl (C=O) groups excluding carboxylic acids is 2. The summed E-state index contributed by atoms with van der Waals surface area (Å²) < 4.78 is 5.46. The Balaban J connectivity index is 1.54. The summed E-state index contributed by atoms with van der Waals surface area (Å²) >= 11 is 1.36. The number of nitrogens with zero attached hydrogens (tertiary/aromatic N) is 1. The zero-order valence-electron chi connectivity index (χ0n) is 18.1. The van der Waals surface area contributed by atoms with E-state index in [2.05, 4.69) is 10.6 Å². The first-order valence-corrected chi connectivity index (χ1v) is 11.4. The minimum absolute atomic E-state index is 0.0525. The fourth-order valence-corrected chi connectivity index (χ4v) is 4.18. The number of nitrogens with one attached hydrogen (secondary N) is 2. The predicted octanol–water partition coefficient (Wildman–Crippen LogP) is 5.24. The average molecular weight is 458 g/mol. The maximum Gasteiger partial charge on any atom is 0.268 e. The number of carbonyl (C=O) groups is 2. The highest BCUT2D eigenvalue weighted by atomic mass is 32.1. The maximum atomic E-state index is 13.2. The monoisotopic (exact) mass is 457 g/mol. The average Bonchev–Trinajstić information content (AvgIpc) is 3.31. The van der Waals surface area contributed by atoms with E-state index in [1.807, 2.05) is 67.6 Å². The van der Waals surface area contributed by atoms with Gasteiger partial charge in [-0.25, -0.2) is 4.98 Å². The largest absolute Gasteiger partial charge is 0.484 e. The van der Waals surface area contributed by atoms with Crippen LogP contribution in [0.2, 0.25) is 0 Å². The Morgan fingerprint density at radius 1 is 0.879 bits per heavy atom. The smallest absolute Gasteiger partial charge is 0.268 e. The zero-order valence-corrected chi connectivity index (χ0v) is 18.9. The third-order valence-corrected chi connectivity index (χ3v) is 5.86. The van der Waals surface area contributed by atoms with Crippen LogP contribution in [0.1, 0.15) is 16.6 Å². The van der Waals surface area contributed by atoms with Gasteiger partial charge in [-0.3, -0.25) is 9.59 Å². The minimum atomic E-state index is -0.232. The number of anilines is 1. The van der Waals surface area contributed by atoms with Gasteiger partial charge in [0.1, 0.15) is 15.6 Å². The van der Waals surface area contributed by atoms with Gasteiger partial charge < -0.3 is 15.4 Å². The van der Waals surface area contributed by atoms with E-state index in [4.69, 9.17) is 9.72 Å². The first kappa shape index (κ1) is 22.2. The van der Waals surface area contributed by atoms with Crippen LogP contribution < -0.4 is 15.4 Å². The highest BCUT2D eigenvalue weighted by Gasteiger charge is 2.20.